The van der Waals surface area contributed by atoms with E-state index in [1.165, 1.54) is 45.9 Å². The molecular weight excluding hydrogens is 517 g/mol. The molecule has 0 amide bonds. The van der Waals surface area contributed by atoms with Crippen LogP contribution in [0.25, 0.3) is 17.2 Å². The largest absolute Gasteiger partial charge is 0.497 e. The van der Waals surface area contributed by atoms with Gasteiger partial charge in [0.25, 0.3) is 0 Å². The van der Waals surface area contributed by atoms with Gasteiger partial charge in [-0.25, -0.2) is 22.8 Å². The van der Waals surface area contributed by atoms with Crippen LogP contribution in [0.5, 0.6) is 17.2 Å². The Morgan fingerprint density at radius 2 is 1.87 bits per heavy atom. The number of pyridine rings is 1. The maximum Gasteiger partial charge on any atom is 0.243 e. The number of aromatic nitrogens is 4. The second kappa shape index (κ2) is 12.3. The number of hydrogen-bond acceptors (Lipinski definition) is 9. The SMILES string of the molecule is C=NC(C[C@@H](C)S(=O)(=O)Nc1nnc(-c2cc(OC)ccn2)n1-c1c(OC)cccc1OC)=N/C=C(\C)F. The lowest BCUT2D eigenvalue weighted by Crippen LogP contribution is -2.28. The fraction of sp³-hybridized carbons (Fsp3) is 0.292. The highest BCUT2D eigenvalue weighted by Gasteiger charge is 2.29. The van der Waals surface area contributed by atoms with Gasteiger partial charge < -0.3 is 14.2 Å². The van der Waals surface area contributed by atoms with E-state index in [1.807, 2.05) is 0 Å². The standard InChI is InChI=1S/C24H28FN7O5S/c1-15(25)14-28-21(26-3)12-16(2)38(33,34)31-24-30-29-23(18-13-17(35-4)10-11-27-18)32(24)22-19(36-5)8-7-9-20(22)37-6/h7-11,13-14,16H,3,12H2,1-2,4-6H3,(H,30,31)/b15-14+,28-21?/t16-/m1/s1. The molecule has 1 aromatic carbocycles. The molecule has 0 saturated heterocycles. The summed E-state index contributed by atoms with van der Waals surface area (Å²) in [5.41, 5.74) is 0.688. The van der Waals surface area contributed by atoms with Gasteiger partial charge in [-0.3, -0.25) is 14.3 Å². The number of sulfonamides is 1. The summed E-state index contributed by atoms with van der Waals surface area (Å²) < 4.78 is 60.1. The topological polar surface area (TPSA) is 142 Å². The monoisotopic (exact) mass is 545 g/mol. The molecule has 202 valence electrons. The summed E-state index contributed by atoms with van der Waals surface area (Å²) in [6.07, 6.45) is 2.32. The number of anilines is 1. The molecule has 1 atom stereocenters. The highest BCUT2D eigenvalue weighted by atomic mass is 32.2. The molecule has 0 radical (unpaired) electrons. The van der Waals surface area contributed by atoms with Gasteiger partial charge in [0.1, 0.15) is 40.3 Å². The van der Waals surface area contributed by atoms with Gasteiger partial charge in [-0.2, -0.15) is 0 Å². The number of halogens is 1. The Morgan fingerprint density at radius 1 is 1.18 bits per heavy atom. The van der Waals surface area contributed by atoms with Crippen LogP contribution in [0.15, 0.2) is 58.5 Å². The van der Waals surface area contributed by atoms with E-state index in [0.29, 0.717) is 28.6 Å². The van der Waals surface area contributed by atoms with Crippen LogP contribution in [-0.2, 0) is 10.0 Å². The summed E-state index contributed by atoms with van der Waals surface area (Å²) in [7, 11) is 0.351. The summed E-state index contributed by atoms with van der Waals surface area (Å²) in [5.74, 6) is 0.764. The van der Waals surface area contributed by atoms with Gasteiger partial charge in [0, 0.05) is 18.7 Å². The molecule has 0 aliphatic rings. The average Bonchev–Trinajstić information content (AvgIpc) is 3.32. The highest BCUT2D eigenvalue weighted by Crippen LogP contribution is 2.37. The lowest BCUT2D eigenvalue weighted by atomic mass is 10.2. The number of allylic oxidation sites excluding steroid dienone is 1. The first-order valence-corrected chi connectivity index (χ1v) is 12.7. The number of rotatable bonds is 11. The molecule has 1 N–H and O–H groups in total. The van der Waals surface area contributed by atoms with Gasteiger partial charge in [-0.1, -0.05) is 6.07 Å². The number of nitrogens with one attached hydrogen (secondary N) is 1. The maximum atomic E-state index is 13.3. The third-order valence-electron chi connectivity index (χ3n) is 5.29. The zero-order valence-corrected chi connectivity index (χ0v) is 22.4. The molecule has 2 heterocycles. The Bertz CT molecular complexity index is 1440. The Morgan fingerprint density at radius 3 is 2.45 bits per heavy atom. The van der Waals surface area contributed by atoms with Gasteiger partial charge in [-0.05, 0) is 38.8 Å². The molecule has 0 fully saturated rings. The molecule has 2 aromatic heterocycles. The van der Waals surface area contributed by atoms with Crippen LogP contribution in [0.1, 0.15) is 20.3 Å². The minimum Gasteiger partial charge on any atom is -0.497 e. The maximum absolute atomic E-state index is 13.3. The summed E-state index contributed by atoms with van der Waals surface area (Å²) in [6, 6.07) is 8.37. The number of hydrogen-bond donors (Lipinski definition) is 1. The number of nitrogens with zero attached hydrogens (tertiary/aromatic N) is 6. The lowest BCUT2D eigenvalue weighted by Gasteiger charge is -2.19. The minimum atomic E-state index is -4.09. The summed E-state index contributed by atoms with van der Waals surface area (Å²) in [5, 5.41) is 7.27. The Labute approximate surface area is 220 Å². The third kappa shape index (κ3) is 6.32. The molecule has 0 aliphatic carbocycles. The van der Waals surface area contributed by atoms with Crippen molar-refractivity contribution in [2.75, 3.05) is 26.1 Å². The van der Waals surface area contributed by atoms with E-state index >= 15 is 0 Å². The fourth-order valence-electron chi connectivity index (χ4n) is 3.36. The van der Waals surface area contributed by atoms with E-state index in [-0.39, 0.29) is 24.0 Å². The molecule has 14 heteroatoms. The first kappa shape index (κ1) is 28.2. The molecule has 3 aromatic rings. The van der Waals surface area contributed by atoms with Gasteiger partial charge in [0.15, 0.2) is 5.82 Å². The van der Waals surface area contributed by atoms with Crippen molar-refractivity contribution in [1.29, 1.82) is 0 Å². The average molecular weight is 546 g/mol. The number of para-hydroxylation sites is 1. The van der Waals surface area contributed by atoms with Crippen LogP contribution in [0.2, 0.25) is 0 Å². The first-order valence-electron chi connectivity index (χ1n) is 11.2. The number of ether oxygens (including phenoxy) is 3. The molecular formula is C24H28FN7O5S. The zero-order valence-electron chi connectivity index (χ0n) is 21.5. The molecule has 38 heavy (non-hydrogen) atoms. The normalized spacial score (nSPS) is 13.1. The van der Waals surface area contributed by atoms with Crippen molar-refractivity contribution in [3.05, 3.63) is 48.6 Å². The van der Waals surface area contributed by atoms with Gasteiger partial charge in [0.2, 0.25) is 16.0 Å². The third-order valence-corrected chi connectivity index (χ3v) is 6.99. The van der Waals surface area contributed by atoms with Crippen molar-refractivity contribution in [2.24, 2.45) is 9.98 Å². The molecule has 3 rings (SSSR count). The lowest BCUT2D eigenvalue weighted by molar-refractivity contribution is 0.391. The van der Waals surface area contributed by atoms with E-state index in [4.69, 9.17) is 14.2 Å². The van der Waals surface area contributed by atoms with Crippen LogP contribution >= 0.6 is 0 Å². The van der Waals surface area contributed by atoms with Crippen LogP contribution in [0.3, 0.4) is 0 Å². The number of aliphatic imine (C=N–C) groups is 2. The van der Waals surface area contributed by atoms with E-state index in [9.17, 15) is 12.8 Å². The van der Waals surface area contributed by atoms with Crippen LogP contribution in [-0.4, -0.2) is 67.3 Å². The molecule has 12 nitrogen and oxygen atoms in total. The molecule has 0 aliphatic heterocycles. The number of methoxy groups -OCH3 is 3. The zero-order chi connectivity index (χ0) is 27.9. The highest BCUT2D eigenvalue weighted by molar-refractivity contribution is 7.93. The van der Waals surface area contributed by atoms with Gasteiger partial charge >= 0.3 is 0 Å². The Hall–Kier alpha value is -4.33. The van der Waals surface area contributed by atoms with E-state index in [1.54, 1.807) is 30.3 Å². The minimum absolute atomic E-state index is 0.0500. The first-order chi connectivity index (χ1) is 18.1. The van der Waals surface area contributed by atoms with Crippen molar-refractivity contribution >= 4 is 28.5 Å². The summed E-state index contributed by atoms with van der Waals surface area (Å²) in [6.45, 7) is 6.04. The van der Waals surface area contributed by atoms with E-state index in [2.05, 4.69) is 36.6 Å². The van der Waals surface area contributed by atoms with Crippen LogP contribution in [0.4, 0.5) is 10.3 Å². The van der Waals surface area contributed by atoms with Crippen LogP contribution < -0.4 is 18.9 Å². The van der Waals surface area contributed by atoms with Gasteiger partial charge in [0.05, 0.1) is 32.8 Å². The summed E-state index contributed by atoms with van der Waals surface area (Å²) >= 11 is 0. The Kier molecular flexibility index (Phi) is 9.12. The van der Waals surface area contributed by atoms with Crippen molar-refractivity contribution in [3.8, 4) is 34.5 Å². The predicted molar refractivity (Wildman–Crippen MR) is 143 cm³/mol. The van der Waals surface area contributed by atoms with Crippen molar-refractivity contribution < 1.29 is 27.0 Å². The predicted octanol–water partition coefficient (Wildman–Crippen LogP) is 3.81. The molecule has 0 saturated carbocycles. The van der Waals surface area contributed by atoms with E-state index < -0.39 is 21.1 Å². The smallest absolute Gasteiger partial charge is 0.243 e. The number of benzene rings is 1. The number of amidine groups is 1. The van der Waals surface area contributed by atoms with Gasteiger partial charge in [-0.15, -0.1) is 10.2 Å². The van der Waals surface area contributed by atoms with Crippen molar-refractivity contribution in [2.45, 2.75) is 25.5 Å². The van der Waals surface area contributed by atoms with Crippen LogP contribution in [0, 0.1) is 0 Å². The van der Waals surface area contributed by atoms with Crippen molar-refractivity contribution in [1.82, 2.24) is 19.7 Å². The Balaban J connectivity index is 2.15. The summed E-state index contributed by atoms with van der Waals surface area (Å²) in [4.78, 5) is 11.9. The fourth-order valence-corrected chi connectivity index (χ4v) is 4.31. The second-order valence-electron chi connectivity index (χ2n) is 7.86. The molecule has 0 bridgehead atoms. The van der Waals surface area contributed by atoms with Crippen molar-refractivity contribution in [3.63, 3.8) is 0 Å². The molecule has 0 spiro atoms. The quantitative estimate of drug-likeness (QED) is 0.283. The second-order valence-corrected chi connectivity index (χ2v) is 9.95. The van der Waals surface area contributed by atoms with E-state index in [0.717, 1.165) is 6.20 Å². The molecule has 0 unspecified atom stereocenters.